The Bertz CT molecular complexity index is 1160. The van der Waals surface area contributed by atoms with Gasteiger partial charge in [-0.25, -0.2) is 0 Å². The minimum atomic E-state index is -4.36. The molecule has 1 aromatic carbocycles. The minimum absolute atomic E-state index is 0.215. The summed E-state index contributed by atoms with van der Waals surface area (Å²) in [7, 11) is 1.70. The highest BCUT2D eigenvalue weighted by Gasteiger charge is 2.34. The quantitative estimate of drug-likeness (QED) is 0.399. The van der Waals surface area contributed by atoms with Crippen LogP contribution in [0.15, 0.2) is 40.8 Å². The van der Waals surface area contributed by atoms with Crippen molar-refractivity contribution in [1.29, 1.82) is 0 Å². The van der Waals surface area contributed by atoms with Gasteiger partial charge < -0.3 is 15.8 Å². The van der Waals surface area contributed by atoms with Crippen LogP contribution in [0.3, 0.4) is 0 Å². The van der Waals surface area contributed by atoms with Crippen LogP contribution < -0.4 is 11.1 Å². The lowest BCUT2D eigenvalue weighted by molar-refractivity contribution is -0.137. The van der Waals surface area contributed by atoms with Crippen molar-refractivity contribution in [3.05, 3.63) is 52.5 Å². The summed E-state index contributed by atoms with van der Waals surface area (Å²) in [5, 5.41) is 7.40. The van der Waals surface area contributed by atoms with Crippen LogP contribution in [0.25, 0.3) is 11.1 Å². The molecule has 3 N–H and O–H groups in total. The van der Waals surface area contributed by atoms with Crippen LogP contribution >= 0.6 is 0 Å². The van der Waals surface area contributed by atoms with Gasteiger partial charge in [0.1, 0.15) is 0 Å². The largest absolute Gasteiger partial charge is 0.417 e. The summed E-state index contributed by atoms with van der Waals surface area (Å²) >= 11 is 0. The lowest BCUT2D eigenvalue weighted by Crippen LogP contribution is -2.35. The summed E-state index contributed by atoms with van der Waals surface area (Å²) in [6.07, 6.45) is 5.70. The first-order valence-corrected chi connectivity index (χ1v) is 14.6. The van der Waals surface area contributed by atoms with E-state index in [1.165, 1.54) is 28.2 Å². The fourth-order valence-corrected chi connectivity index (χ4v) is 5.06. The van der Waals surface area contributed by atoms with Crippen LogP contribution in [0.5, 0.6) is 0 Å². The summed E-state index contributed by atoms with van der Waals surface area (Å²) in [5.41, 5.74) is 11.7. The highest BCUT2D eigenvalue weighted by Crippen LogP contribution is 2.39. The fraction of sp³-hybridized carbons (Fsp3) is 0.613. The Morgan fingerprint density at radius 3 is 2.58 bits per heavy atom. The number of rotatable bonds is 7. The van der Waals surface area contributed by atoms with E-state index in [0.29, 0.717) is 23.1 Å². The SMILES string of the molecule is CCCCc1cc(-c2cnn(C)c2)c(C(F)(F)F)cc1C.CC[C@@H](C)/C(N)=C1\CNCCC1=NC1CCOCC1. The van der Waals surface area contributed by atoms with Gasteiger partial charge in [0, 0.05) is 68.5 Å². The number of piperidine rings is 1. The Morgan fingerprint density at radius 1 is 1.25 bits per heavy atom. The number of aliphatic imine (C=N–C) groups is 1. The van der Waals surface area contributed by atoms with Crippen LogP contribution in [-0.4, -0.2) is 47.8 Å². The van der Waals surface area contributed by atoms with Gasteiger partial charge in [0.05, 0.1) is 17.8 Å². The lowest BCUT2D eigenvalue weighted by Gasteiger charge is -2.26. The molecule has 0 saturated carbocycles. The average molecular weight is 562 g/mol. The molecule has 2 aliphatic rings. The van der Waals surface area contributed by atoms with E-state index in [1.807, 2.05) is 0 Å². The molecular weight excluding hydrogens is 515 g/mol. The first-order chi connectivity index (χ1) is 19.0. The molecule has 0 bridgehead atoms. The van der Waals surface area contributed by atoms with Crippen molar-refractivity contribution in [3.8, 4) is 11.1 Å². The molecule has 3 heterocycles. The average Bonchev–Trinajstić information content (AvgIpc) is 3.38. The van der Waals surface area contributed by atoms with Crippen molar-refractivity contribution in [3.63, 3.8) is 0 Å². The number of aromatic nitrogens is 2. The maximum absolute atomic E-state index is 13.3. The second-order valence-corrected chi connectivity index (χ2v) is 10.9. The fourth-order valence-electron chi connectivity index (χ4n) is 5.06. The number of unbranched alkanes of at least 4 members (excludes halogenated alkanes) is 1. The number of hydrogen-bond donors (Lipinski definition) is 2. The van der Waals surface area contributed by atoms with Gasteiger partial charge in [0.25, 0.3) is 0 Å². The Balaban J connectivity index is 0.000000222. The van der Waals surface area contributed by atoms with Gasteiger partial charge in [-0.2, -0.15) is 18.3 Å². The standard InChI is InChI=1S/C16H19F3N2.C15H27N3O/c1-4-5-6-12-8-14(13-9-20-21(3)10-13)15(7-11(12)2)16(17,18)19;1-3-11(2)15(16)13-10-17-7-4-14(13)18-12-5-8-19-9-6-12/h7-10H,4-6H2,1-3H3;11-12,17H,3-10,16H2,1-2H3/b;15-13-,18-14?/t;11-/m.1/s1. The smallest absolute Gasteiger partial charge is 0.402 e. The minimum Gasteiger partial charge on any atom is -0.402 e. The Kier molecular flexibility index (Phi) is 11.8. The van der Waals surface area contributed by atoms with Crippen molar-refractivity contribution < 1.29 is 17.9 Å². The van der Waals surface area contributed by atoms with Gasteiger partial charge in [-0.05, 0) is 67.7 Å². The first-order valence-electron chi connectivity index (χ1n) is 14.6. The highest BCUT2D eigenvalue weighted by atomic mass is 19.4. The van der Waals surface area contributed by atoms with Crippen molar-refractivity contribution in [1.82, 2.24) is 15.1 Å². The molecule has 6 nitrogen and oxygen atoms in total. The van der Waals surface area contributed by atoms with E-state index in [-0.39, 0.29) is 5.56 Å². The number of nitrogens with one attached hydrogen (secondary N) is 1. The molecule has 1 atom stereocenters. The lowest BCUT2D eigenvalue weighted by atomic mass is 9.93. The molecule has 4 rings (SSSR count). The number of nitrogens with zero attached hydrogens (tertiary/aromatic N) is 3. The molecule has 0 unspecified atom stereocenters. The maximum Gasteiger partial charge on any atom is 0.417 e. The molecule has 2 aliphatic heterocycles. The Hall–Kier alpha value is -2.65. The zero-order chi connectivity index (χ0) is 29.3. The van der Waals surface area contributed by atoms with E-state index in [2.05, 4.69) is 31.2 Å². The number of nitrogens with two attached hydrogens (primary N) is 1. The van der Waals surface area contributed by atoms with E-state index >= 15 is 0 Å². The van der Waals surface area contributed by atoms with Crippen LogP contribution in [0.4, 0.5) is 13.2 Å². The summed E-state index contributed by atoms with van der Waals surface area (Å²) in [6.45, 7) is 11.8. The van der Waals surface area contributed by atoms with Gasteiger partial charge >= 0.3 is 6.18 Å². The molecule has 0 amide bonds. The van der Waals surface area contributed by atoms with Crippen molar-refractivity contribution in [2.24, 2.45) is 23.7 Å². The first kappa shape index (κ1) is 31.9. The molecule has 0 spiro atoms. The second kappa shape index (κ2) is 14.8. The van der Waals surface area contributed by atoms with E-state index in [1.54, 1.807) is 26.2 Å². The van der Waals surface area contributed by atoms with E-state index in [0.717, 1.165) is 82.5 Å². The second-order valence-electron chi connectivity index (χ2n) is 10.9. The highest BCUT2D eigenvalue weighted by molar-refractivity contribution is 6.02. The Labute approximate surface area is 237 Å². The van der Waals surface area contributed by atoms with Crippen LogP contribution in [0.2, 0.25) is 0 Å². The predicted molar refractivity (Wildman–Crippen MR) is 156 cm³/mol. The molecule has 2 fully saturated rings. The molecule has 0 radical (unpaired) electrons. The molecular formula is C31H46F3N5O. The van der Waals surface area contributed by atoms with Gasteiger partial charge in [-0.1, -0.05) is 33.3 Å². The summed E-state index contributed by atoms with van der Waals surface area (Å²) in [4.78, 5) is 4.97. The van der Waals surface area contributed by atoms with Crippen LogP contribution in [-0.2, 0) is 24.4 Å². The van der Waals surface area contributed by atoms with Gasteiger partial charge in [0.15, 0.2) is 0 Å². The Morgan fingerprint density at radius 2 is 1.98 bits per heavy atom. The molecule has 9 heteroatoms. The van der Waals surface area contributed by atoms with Crippen molar-refractivity contribution >= 4 is 5.71 Å². The summed E-state index contributed by atoms with van der Waals surface area (Å²) < 4.78 is 46.7. The van der Waals surface area contributed by atoms with Crippen LogP contribution in [0, 0.1) is 12.8 Å². The molecule has 222 valence electrons. The number of ether oxygens (including phenoxy) is 1. The zero-order valence-corrected chi connectivity index (χ0v) is 24.7. The molecule has 0 aliphatic carbocycles. The van der Waals surface area contributed by atoms with Crippen molar-refractivity contribution in [2.45, 2.75) is 84.9 Å². The van der Waals surface area contributed by atoms with Gasteiger partial charge in [-0.3, -0.25) is 9.67 Å². The van der Waals surface area contributed by atoms with Gasteiger partial charge in [-0.15, -0.1) is 0 Å². The number of aryl methyl sites for hydroxylation is 3. The van der Waals surface area contributed by atoms with E-state index in [4.69, 9.17) is 15.5 Å². The molecule has 2 aromatic rings. The number of alkyl halides is 3. The monoisotopic (exact) mass is 561 g/mol. The summed E-state index contributed by atoms with van der Waals surface area (Å²) in [5.74, 6) is 0.440. The third-order valence-electron chi connectivity index (χ3n) is 7.81. The van der Waals surface area contributed by atoms with Crippen LogP contribution in [0.1, 0.15) is 76.0 Å². The summed E-state index contributed by atoms with van der Waals surface area (Å²) in [6, 6.07) is 3.36. The van der Waals surface area contributed by atoms with Gasteiger partial charge in [0.2, 0.25) is 0 Å². The number of hydrogen-bond acceptors (Lipinski definition) is 5. The maximum atomic E-state index is 13.3. The normalized spacial score (nSPS) is 19.8. The van der Waals surface area contributed by atoms with E-state index in [9.17, 15) is 13.2 Å². The third-order valence-corrected chi connectivity index (χ3v) is 7.81. The molecule has 2 saturated heterocycles. The topological polar surface area (TPSA) is 77.5 Å². The third kappa shape index (κ3) is 8.67. The molecule has 1 aromatic heterocycles. The zero-order valence-electron chi connectivity index (χ0n) is 24.7. The number of benzene rings is 1. The van der Waals surface area contributed by atoms with E-state index < -0.39 is 11.7 Å². The number of halogens is 3. The van der Waals surface area contributed by atoms with Crippen molar-refractivity contribution in [2.75, 3.05) is 26.3 Å². The number of allylic oxidation sites excluding steroid dienone is 1. The molecule has 40 heavy (non-hydrogen) atoms. The predicted octanol–water partition coefficient (Wildman–Crippen LogP) is 6.62.